The largest absolute Gasteiger partial charge is 0.288 e. The monoisotopic (exact) mass is 250 g/mol. The summed E-state index contributed by atoms with van der Waals surface area (Å²) in [6, 6.07) is 11.3. The number of benzene rings is 1. The number of thiophene rings is 1. The van der Waals surface area contributed by atoms with Gasteiger partial charge in [-0.2, -0.15) is 0 Å². The molecule has 0 atom stereocenters. The van der Waals surface area contributed by atoms with E-state index in [-0.39, 0.29) is 5.78 Å². The summed E-state index contributed by atoms with van der Waals surface area (Å²) in [5.41, 5.74) is 1.91. The molecule has 0 saturated heterocycles. The van der Waals surface area contributed by atoms with E-state index in [1.54, 1.807) is 12.1 Å². The van der Waals surface area contributed by atoms with Gasteiger partial charge < -0.3 is 0 Å². The fourth-order valence-electron chi connectivity index (χ4n) is 1.51. The van der Waals surface area contributed by atoms with Gasteiger partial charge in [-0.25, -0.2) is 0 Å². The van der Waals surface area contributed by atoms with Gasteiger partial charge in [0, 0.05) is 5.56 Å². The van der Waals surface area contributed by atoms with Crippen LogP contribution in [0.3, 0.4) is 0 Å². The number of rotatable bonds is 3. The van der Waals surface area contributed by atoms with Gasteiger partial charge in [-0.05, 0) is 30.2 Å². The lowest BCUT2D eigenvalue weighted by Gasteiger charge is -2.00. The Bertz CT molecular complexity index is 516. The summed E-state index contributed by atoms with van der Waals surface area (Å²) in [6.07, 6.45) is 0.937. The van der Waals surface area contributed by atoms with E-state index in [0.29, 0.717) is 9.21 Å². The number of hydrogen-bond acceptors (Lipinski definition) is 2. The lowest BCUT2D eigenvalue weighted by Crippen LogP contribution is -1.98. The molecular formula is C13H11ClOS. The molecular weight excluding hydrogens is 240 g/mol. The zero-order chi connectivity index (χ0) is 11.5. The predicted molar refractivity (Wildman–Crippen MR) is 68.6 cm³/mol. The molecule has 3 heteroatoms. The highest BCUT2D eigenvalue weighted by molar-refractivity contribution is 7.18. The van der Waals surface area contributed by atoms with Crippen LogP contribution in [-0.4, -0.2) is 5.78 Å². The molecule has 0 unspecified atom stereocenters. The van der Waals surface area contributed by atoms with Crippen molar-refractivity contribution in [2.45, 2.75) is 13.3 Å². The molecule has 0 saturated carbocycles. The summed E-state index contributed by atoms with van der Waals surface area (Å²) in [5, 5.41) is 0. The molecule has 16 heavy (non-hydrogen) atoms. The highest BCUT2D eigenvalue weighted by atomic mass is 35.5. The molecule has 0 aliphatic heterocycles. The molecule has 1 aromatic heterocycles. The Hall–Kier alpha value is -1.12. The van der Waals surface area contributed by atoms with Gasteiger partial charge >= 0.3 is 0 Å². The summed E-state index contributed by atoms with van der Waals surface area (Å²) >= 11 is 7.14. The van der Waals surface area contributed by atoms with E-state index in [1.165, 1.54) is 16.9 Å². The molecule has 2 aromatic rings. The van der Waals surface area contributed by atoms with Crippen LogP contribution in [0.15, 0.2) is 36.4 Å². The topological polar surface area (TPSA) is 17.1 Å². The van der Waals surface area contributed by atoms with E-state index in [0.717, 1.165) is 12.0 Å². The van der Waals surface area contributed by atoms with Crippen molar-refractivity contribution in [2.24, 2.45) is 0 Å². The first-order chi connectivity index (χ1) is 7.70. The highest BCUT2D eigenvalue weighted by Crippen LogP contribution is 2.24. The lowest BCUT2D eigenvalue weighted by molar-refractivity contribution is 0.104. The van der Waals surface area contributed by atoms with Crippen LogP contribution in [0, 0.1) is 0 Å². The van der Waals surface area contributed by atoms with Gasteiger partial charge in [-0.1, -0.05) is 36.7 Å². The van der Waals surface area contributed by atoms with Gasteiger partial charge in [0.2, 0.25) is 5.78 Å². The molecule has 0 spiro atoms. The maximum Gasteiger partial charge on any atom is 0.203 e. The van der Waals surface area contributed by atoms with Crippen LogP contribution in [0.5, 0.6) is 0 Å². The zero-order valence-corrected chi connectivity index (χ0v) is 10.4. The molecule has 1 heterocycles. The molecule has 0 aliphatic rings. The van der Waals surface area contributed by atoms with E-state index in [2.05, 4.69) is 6.92 Å². The van der Waals surface area contributed by atoms with Crippen molar-refractivity contribution in [3.8, 4) is 0 Å². The number of hydrogen-bond donors (Lipinski definition) is 0. The quantitative estimate of drug-likeness (QED) is 0.747. The van der Waals surface area contributed by atoms with Crippen LogP contribution >= 0.6 is 22.9 Å². The van der Waals surface area contributed by atoms with Crippen molar-refractivity contribution in [3.05, 3.63) is 56.7 Å². The van der Waals surface area contributed by atoms with Crippen molar-refractivity contribution in [3.63, 3.8) is 0 Å². The number of ketones is 1. The summed E-state index contributed by atoms with van der Waals surface area (Å²) in [6.45, 7) is 2.07. The Morgan fingerprint density at radius 1 is 1.31 bits per heavy atom. The molecule has 2 rings (SSSR count). The van der Waals surface area contributed by atoms with Gasteiger partial charge in [0.15, 0.2) is 0 Å². The molecule has 0 radical (unpaired) electrons. The average Bonchev–Trinajstić information content (AvgIpc) is 2.75. The predicted octanol–water partition coefficient (Wildman–Crippen LogP) is 4.19. The third kappa shape index (κ3) is 2.34. The lowest BCUT2D eigenvalue weighted by atomic mass is 10.1. The fraction of sp³-hybridized carbons (Fsp3) is 0.154. The second-order valence-electron chi connectivity index (χ2n) is 3.49. The van der Waals surface area contributed by atoms with Crippen LogP contribution in [0.4, 0.5) is 0 Å². The number of carbonyl (C=O) groups excluding carboxylic acids is 1. The van der Waals surface area contributed by atoms with Gasteiger partial charge in [-0.15, -0.1) is 11.3 Å². The first-order valence-corrected chi connectivity index (χ1v) is 6.29. The van der Waals surface area contributed by atoms with E-state index in [1.807, 2.05) is 24.3 Å². The van der Waals surface area contributed by atoms with E-state index in [4.69, 9.17) is 11.6 Å². The standard InChI is InChI=1S/C13H11ClOS/c1-2-9-4-3-5-10(8-9)13(15)11-6-7-12(14)16-11/h3-8H,2H2,1H3. The summed E-state index contributed by atoms with van der Waals surface area (Å²) in [4.78, 5) is 12.8. The van der Waals surface area contributed by atoms with Crippen LogP contribution in [0.25, 0.3) is 0 Å². The zero-order valence-electron chi connectivity index (χ0n) is 8.87. The first-order valence-electron chi connectivity index (χ1n) is 5.09. The van der Waals surface area contributed by atoms with Crippen molar-refractivity contribution < 1.29 is 4.79 Å². The fourth-order valence-corrected chi connectivity index (χ4v) is 2.52. The maximum atomic E-state index is 12.1. The Kier molecular flexibility index (Phi) is 3.42. The SMILES string of the molecule is CCc1cccc(C(=O)c2ccc(Cl)s2)c1. The van der Waals surface area contributed by atoms with Crippen molar-refractivity contribution >= 4 is 28.7 Å². The second kappa shape index (κ2) is 4.81. The molecule has 0 aliphatic carbocycles. The number of halogens is 1. The smallest absolute Gasteiger partial charge is 0.203 e. The third-order valence-corrected chi connectivity index (χ3v) is 3.62. The van der Waals surface area contributed by atoms with Crippen LogP contribution in [0.2, 0.25) is 4.34 Å². The molecule has 0 amide bonds. The van der Waals surface area contributed by atoms with Crippen molar-refractivity contribution in [1.82, 2.24) is 0 Å². The maximum absolute atomic E-state index is 12.1. The highest BCUT2D eigenvalue weighted by Gasteiger charge is 2.11. The van der Waals surface area contributed by atoms with E-state index >= 15 is 0 Å². The average molecular weight is 251 g/mol. The van der Waals surface area contributed by atoms with Crippen LogP contribution in [0.1, 0.15) is 27.7 Å². The third-order valence-electron chi connectivity index (χ3n) is 2.39. The molecule has 82 valence electrons. The summed E-state index contributed by atoms with van der Waals surface area (Å²) in [7, 11) is 0. The molecule has 1 aromatic carbocycles. The molecule has 0 bridgehead atoms. The van der Waals surface area contributed by atoms with Crippen molar-refractivity contribution in [1.29, 1.82) is 0 Å². The molecule has 1 nitrogen and oxygen atoms in total. The minimum atomic E-state index is 0.0483. The normalized spacial score (nSPS) is 10.4. The Balaban J connectivity index is 2.33. The van der Waals surface area contributed by atoms with E-state index < -0.39 is 0 Å². The summed E-state index contributed by atoms with van der Waals surface area (Å²) < 4.78 is 0.648. The van der Waals surface area contributed by atoms with E-state index in [9.17, 15) is 4.79 Å². The van der Waals surface area contributed by atoms with Gasteiger partial charge in [-0.3, -0.25) is 4.79 Å². The summed E-state index contributed by atoms with van der Waals surface area (Å²) in [5.74, 6) is 0.0483. The van der Waals surface area contributed by atoms with Gasteiger partial charge in [0.25, 0.3) is 0 Å². The number of aryl methyl sites for hydroxylation is 1. The molecule has 0 fully saturated rings. The van der Waals surface area contributed by atoms with Gasteiger partial charge in [0.05, 0.1) is 9.21 Å². The first kappa shape index (κ1) is 11.4. The molecule has 0 N–H and O–H groups in total. The Morgan fingerprint density at radius 2 is 2.12 bits per heavy atom. The van der Waals surface area contributed by atoms with Crippen molar-refractivity contribution in [2.75, 3.05) is 0 Å². The van der Waals surface area contributed by atoms with Crippen LogP contribution < -0.4 is 0 Å². The second-order valence-corrected chi connectivity index (χ2v) is 5.20. The number of carbonyl (C=O) groups is 1. The minimum absolute atomic E-state index is 0.0483. The van der Waals surface area contributed by atoms with Gasteiger partial charge in [0.1, 0.15) is 0 Å². The Morgan fingerprint density at radius 3 is 2.75 bits per heavy atom. The minimum Gasteiger partial charge on any atom is -0.288 e. The Labute approximate surface area is 104 Å². The van der Waals surface area contributed by atoms with Crippen LogP contribution in [-0.2, 0) is 6.42 Å².